The van der Waals surface area contributed by atoms with Gasteiger partial charge in [-0.15, -0.1) is 0 Å². The zero-order valence-electron chi connectivity index (χ0n) is 10.4. The molecule has 4 heteroatoms. The normalized spacial score (nSPS) is 10.3. The van der Waals surface area contributed by atoms with Crippen molar-refractivity contribution >= 4 is 27.5 Å². The maximum absolute atomic E-state index is 13.6. The first kappa shape index (κ1) is 13.7. The number of amides is 1. The van der Waals surface area contributed by atoms with E-state index in [-0.39, 0.29) is 18.0 Å². The molecule has 2 nitrogen and oxygen atoms in total. The predicted octanol–water partition coefficient (Wildman–Crippen LogP) is 4.08. The first-order valence-corrected chi connectivity index (χ1v) is 6.65. The molecule has 0 aromatic heterocycles. The number of hydrogen-bond donors (Lipinski definition) is 1. The van der Waals surface area contributed by atoms with E-state index in [1.165, 1.54) is 12.1 Å². The minimum Gasteiger partial charge on any atom is -0.323 e. The molecule has 0 saturated heterocycles. The van der Waals surface area contributed by atoms with Crippen molar-refractivity contribution < 1.29 is 9.18 Å². The van der Waals surface area contributed by atoms with Crippen molar-refractivity contribution in [2.24, 2.45) is 0 Å². The molecular formula is C15H13BrFNO. The lowest BCUT2D eigenvalue weighted by Gasteiger charge is -2.08. The first-order chi connectivity index (χ1) is 9.06. The van der Waals surface area contributed by atoms with Crippen LogP contribution in [0.2, 0.25) is 0 Å². The largest absolute Gasteiger partial charge is 0.323 e. The van der Waals surface area contributed by atoms with E-state index in [9.17, 15) is 9.18 Å². The zero-order valence-corrected chi connectivity index (χ0v) is 12.0. The highest BCUT2D eigenvalue weighted by Gasteiger charge is 2.09. The third-order valence-electron chi connectivity index (χ3n) is 2.82. The van der Waals surface area contributed by atoms with Crippen molar-refractivity contribution in [3.63, 3.8) is 0 Å². The molecule has 0 heterocycles. The fourth-order valence-corrected chi connectivity index (χ4v) is 2.10. The number of rotatable bonds is 3. The molecule has 1 N–H and O–H groups in total. The topological polar surface area (TPSA) is 29.1 Å². The van der Waals surface area contributed by atoms with Crippen molar-refractivity contribution in [2.45, 2.75) is 13.3 Å². The van der Waals surface area contributed by atoms with Crippen LogP contribution in [0.4, 0.5) is 10.1 Å². The van der Waals surface area contributed by atoms with E-state index in [1.54, 1.807) is 6.07 Å². The van der Waals surface area contributed by atoms with Crippen LogP contribution < -0.4 is 5.32 Å². The zero-order chi connectivity index (χ0) is 13.8. The Bertz CT molecular complexity index is 613. The summed E-state index contributed by atoms with van der Waals surface area (Å²) in [5, 5.41) is 2.58. The quantitative estimate of drug-likeness (QED) is 0.906. The SMILES string of the molecule is Cc1ccccc1CC(=O)Nc1ccc(Br)cc1F. The summed E-state index contributed by atoms with van der Waals surface area (Å²) >= 11 is 3.17. The Morgan fingerprint density at radius 2 is 2.00 bits per heavy atom. The molecule has 0 atom stereocenters. The maximum atomic E-state index is 13.6. The molecule has 0 spiro atoms. The Hall–Kier alpha value is -1.68. The van der Waals surface area contributed by atoms with Crippen LogP contribution in [0.25, 0.3) is 0 Å². The smallest absolute Gasteiger partial charge is 0.228 e. The van der Waals surface area contributed by atoms with E-state index in [1.807, 2.05) is 31.2 Å². The van der Waals surface area contributed by atoms with Gasteiger partial charge in [-0.2, -0.15) is 0 Å². The molecule has 0 fully saturated rings. The van der Waals surface area contributed by atoms with Crippen LogP contribution in [0.1, 0.15) is 11.1 Å². The number of anilines is 1. The Kier molecular flexibility index (Phi) is 4.32. The van der Waals surface area contributed by atoms with Crippen LogP contribution in [0.3, 0.4) is 0 Å². The highest BCUT2D eigenvalue weighted by molar-refractivity contribution is 9.10. The van der Waals surface area contributed by atoms with Gasteiger partial charge in [0, 0.05) is 4.47 Å². The molecule has 0 radical (unpaired) electrons. The minimum atomic E-state index is -0.451. The highest BCUT2D eigenvalue weighted by Crippen LogP contribution is 2.19. The molecule has 0 saturated carbocycles. The molecule has 2 aromatic rings. The number of halogens is 2. The lowest BCUT2D eigenvalue weighted by atomic mass is 10.1. The second-order valence-corrected chi connectivity index (χ2v) is 5.19. The fraction of sp³-hybridized carbons (Fsp3) is 0.133. The lowest BCUT2D eigenvalue weighted by Crippen LogP contribution is -2.15. The molecule has 2 rings (SSSR count). The van der Waals surface area contributed by atoms with Gasteiger partial charge in [-0.05, 0) is 36.2 Å². The molecule has 0 unspecified atom stereocenters. The summed E-state index contributed by atoms with van der Waals surface area (Å²) in [4.78, 5) is 11.9. The van der Waals surface area contributed by atoms with E-state index < -0.39 is 5.82 Å². The predicted molar refractivity (Wildman–Crippen MR) is 77.6 cm³/mol. The average Bonchev–Trinajstić information content (AvgIpc) is 2.36. The van der Waals surface area contributed by atoms with Crippen LogP contribution in [0, 0.1) is 12.7 Å². The van der Waals surface area contributed by atoms with Crippen molar-refractivity contribution in [1.82, 2.24) is 0 Å². The summed E-state index contributed by atoms with van der Waals surface area (Å²) in [6.45, 7) is 1.95. The molecule has 0 aliphatic heterocycles. The van der Waals surface area contributed by atoms with Gasteiger partial charge in [0.2, 0.25) is 5.91 Å². The van der Waals surface area contributed by atoms with Crippen LogP contribution in [-0.2, 0) is 11.2 Å². The Balaban J connectivity index is 2.08. The minimum absolute atomic E-state index is 0.196. The first-order valence-electron chi connectivity index (χ1n) is 5.85. The van der Waals surface area contributed by atoms with Crippen LogP contribution in [0.5, 0.6) is 0 Å². The van der Waals surface area contributed by atoms with E-state index in [0.717, 1.165) is 11.1 Å². The van der Waals surface area contributed by atoms with Gasteiger partial charge in [-0.1, -0.05) is 40.2 Å². The lowest BCUT2D eigenvalue weighted by molar-refractivity contribution is -0.115. The van der Waals surface area contributed by atoms with Crippen molar-refractivity contribution in [1.29, 1.82) is 0 Å². The number of nitrogens with one attached hydrogen (secondary N) is 1. The summed E-state index contributed by atoms with van der Waals surface area (Å²) in [6, 6.07) is 12.2. The second-order valence-electron chi connectivity index (χ2n) is 4.28. The van der Waals surface area contributed by atoms with Crippen molar-refractivity contribution in [3.05, 3.63) is 63.9 Å². The molecule has 19 heavy (non-hydrogen) atoms. The number of aryl methyl sites for hydroxylation is 1. The third kappa shape index (κ3) is 3.64. The average molecular weight is 322 g/mol. The van der Waals surface area contributed by atoms with Gasteiger partial charge in [-0.25, -0.2) is 4.39 Å². The Morgan fingerprint density at radius 3 is 2.68 bits per heavy atom. The molecule has 0 aliphatic rings. The van der Waals surface area contributed by atoms with Crippen LogP contribution in [-0.4, -0.2) is 5.91 Å². The number of hydrogen-bond acceptors (Lipinski definition) is 1. The summed E-state index contributed by atoms with van der Waals surface area (Å²) < 4.78 is 14.2. The van der Waals surface area contributed by atoms with Gasteiger partial charge < -0.3 is 5.32 Å². The third-order valence-corrected chi connectivity index (χ3v) is 3.31. The van der Waals surface area contributed by atoms with Gasteiger partial charge in [0.25, 0.3) is 0 Å². The molecular weight excluding hydrogens is 309 g/mol. The van der Waals surface area contributed by atoms with E-state index in [4.69, 9.17) is 0 Å². The van der Waals surface area contributed by atoms with Crippen LogP contribution >= 0.6 is 15.9 Å². The fourth-order valence-electron chi connectivity index (χ4n) is 1.77. The van der Waals surface area contributed by atoms with Gasteiger partial charge in [0.15, 0.2) is 0 Å². The Morgan fingerprint density at radius 1 is 1.26 bits per heavy atom. The van der Waals surface area contributed by atoms with Gasteiger partial charge in [0.05, 0.1) is 12.1 Å². The molecule has 1 amide bonds. The summed E-state index contributed by atoms with van der Waals surface area (Å²) in [6.07, 6.45) is 0.238. The summed E-state index contributed by atoms with van der Waals surface area (Å²) in [5.74, 6) is -0.678. The number of carbonyl (C=O) groups excluding carboxylic acids is 1. The van der Waals surface area contributed by atoms with E-state index in [2.05, 4.69) is 21.2 Å². The van der Waals surface area contributed by atoms with Crippen molar-refractivity contribution in [2.75, 3.05) is 5.32 Å². The second kappa shape index (κ2) is 5.97. The van der Waals surface area contributed by atoms with E-state index >= 15 is 0 Å². The summed E-state index contributed by atoms with van der Waals surface area (Å²) in [5.41, 5.74) is 2.19. The number of carbonyl (C=O) groups is 1. The van der Waals surface area contributed by atoms with Gasteiger partial charge in [0.1, 0.15) is 5.82 Å². The van der Waals surface area contributed by atoms with Crippen LogP contribution in [0.15, 0.2) is 46.9 Å². The molecule has 0 bridgehead atoms. The molecule has 2 aromatic carbocycles. The maximum Gasteiger partial charge on any atom is 0.228 e. The monoisotopic (exact) mass is 321 g/mol. The van der Waals surface area contributed by atoms with Gasteiger partial charge in [-0.3, -0.25) is 4.79 Å². The molecule has 98 valence electrons. The van der Waals surface area contributed by atoms with Crippen molar-refractivity contribution in [3.8, 4) is 0 Å². The van der Waals surface area contributed by atoms with Gasteiger partial charge >= 0.3 is 0 Å². The summed E-state index contributed by atoms with van der Waals surface area (Å²) in [7, 11) is 0. The number of benzene rings is 2. The Labute approximate surface area is 119 Å². The highest BCUT2D eigenvalue weighted by atomic mass is 79.9. The standard InChI is InChI=1S/C15H13BrFNO/c1-10-4-2-3-5-11(10)8-15(19)18-14-7-6-12(16)9-13(14)17/h2-7,9H,8H2,1H3,(H,18,19). The van der Waals surface area contributed by atoms with E-state index in [0.29, 0.717) is 4.47 Å². The molecule has 0 aliphatic carbocycles.